The quantitative estimate of drug-likeness (QED) is 0.502. The monoisotopic (exact) mass is 390 g/mol. The Kier molecular flexibility index (Phi) is 6.87. The molecule has 0 aliphatic carbocycles. The van der Waals surface area contributed by atoms with Crippen molar-refractivity contribution in [3.63, 3.8) is 0 Å². The van der Waals surface area contributed by atoms with Gasteiger partial charge in [-0.25, -0.2) is 0 Å². The Labute approximate surface area is 171 Å². The fourth-order valence-electron chi connectivity index (χ4n) is 3.14. The zero-order chi connectivity index (χ0) is 20.6. The Bertz CT molecular complexity index is 940. The van der Waals surface area contributed by atoms with Crippen molar-refractivity contribution in [3.8, 4) is 11.5 Å². The van der Waals surface area contributed by atoms with Crippen molar-refractivity contribution < 1.29 is 15.0 Å². The van der Waals surface area contributed by atoms with E-state index in [2.05, 4.69) is 41.4 Å². The van der Waals surface area contributed by atoms with Gasteiger partial charge < -0.3 is 15.5 Å². The summed E-state index contributed by atoms with van der Waals surface area (Å²) in [4.78, 5) is 14.6. The fraction of sp³-hybridized carbons (Fsp3) is 0.208. The molecule has 0 aliphatic rings. The molecule has 29 heavy (non-hydrogen) atoms. The van der Waals surface area contributed by atoms with Crippen molar-refractivity contribution in [2.45, 2.75) is 26.4 Å². The average Bonchev–Trinajstić information content (AvgIpc) is 2.72. The van der Waals surface area contributed by atoms with Crippen molar-refractivity contribution in [1.29, 1.82) is 0 Å². The summed E-state index contributed by atoms with van der Waals surface area (Å²) >= 11 is 0. The molecule has 0 radical (unpaired) electrons. The van der Waals surface area contributed by atoms with Crippen molar-refractivity contribution in [2.24, 2.45) is 0 Å². The molecule has 5 nitrogen and oxygen atoms in total. The zero-order valence-corrected chi connectivity index (χ0v) is 16.5. The number of hydrogen-bond acceptors (Lipinski definition) is 4. The Morgan fingerprint density at radius 3 is 2.07 bits per heavy atom. The van der Waals surface area contributed by atoms with Crippen LogP contribution >= 0.6 is 0 Å². The number of hydrogen-bond donors (Lipinski definition) is 3. The third-order valence-corrected chi connectivity index (χ3v) is 4.74. The van der Waals surface area contributed by atoms with Gasteiger partial charge >= 0.3 is 0 Å². The minimum atomic E-state index is -0.226. The highest BCUT2D eigenvalue weighted by Gasteiger charge is 2.08. The minimum Gasteiger partial charge on any atom is -0.504 e. The second-order valence-corrected chi connectivity index (χ2v) is 7.03. The van der Waals surface area contributed by atoms with Gasteiger partial charge in [-0.05, 0) is 47.5 Å². The first kappa shape index (κ1) is 20.4. The van der Waals surface area contributed by atoms with Gasteiger partial charge in [0, 0.05) is 18.8 Å². The first-order valence-corrected chi connectivity index (χ1v) is 9.69. The van der Waals surface area contributed by atoms with Crippen molar-refractivity contribution in [2.75, 3.05) is 11.9 Å². The van der Waals surface area contributed by atoms with Crippen LogP contribution in [0.2, 0.25) is 0 Å². The third-order valence-electron chi connectivity index (χ3n) is 4.74. The van der Waals surface area contributed by atoms with Gasteiger partial charge in [0.15, 0.2) is 11.5 Å². The van der Waals surface area contributed by atoms with Gasteiger partial charge in [-0.2, -0.15) is 0 Å². The lowest BCUT2D eigenvalue weighted by atomic mass is 10.1. The second-order valence-electron chi connectivity index (χ2n) is 7.03. The van der Waals surface area contributed by atoms with E-state index < -0.39 is 0 Å². The number of anilines is 1. The lowest BCUT2D eigenvalue weighted by Crippen LogP contribution is -2.22. The molecule has 0 unspecified atom stereocenters. The summed E-state index contributed by atoms with van der Waals surface area (Å²) in [5, 5.41) is 21.7. The van der Waals surface area contributed by atoms with E-state index >= 15 is 0 Å². The Hall–Kier alpha value is -3.31. The van der Waals surface area contributed by atoms with Gasteiger partial charge in [0.1, 0.15) is 0 Å². The number of nitrogens with zero attached hydrogens (tertiary/aromatic N) is 1. The third kappa shape index (κ3) is 6.09. The molecule has 0 aliphatic heterocycles. The predicted molar refractivity (Wildman–Crippen MR) is 115 cm³/mol. The van der Waals surface area contributed by atoms with Crippen LogP contribution in [0.25, 0.3) is 0 Å². The SMILES string of the molecule is CCN(Cc1ccccc1)Cc1ccc(NC(=O)Cc2ccc(O)c(O)c2)cc1. The standard InChI is InChI=1S/C24H26N2O3/c1-2-26(16-18-6-4-3-5-7-18)17-19-8-11-21(12-9-19)25-24(29)15-20-10-13-22(27)23(28)14-20/h3-14,27-28H,2,15-17H2,1H3,(H,25,29). The summed E-state index contributed by atoms with van der Waals surface area (Å²) in [5.74, 6) is -0.601. The summed E-state index contributed by atoms with van der Waals surface area (Å²) in [6, 6.07) is 22.6. The highest BCUT2D eigenvalue weighted by atomic mass is 16.3. The zero-order valence-electron chi connectivity index (χ0n) is 16.5. The van der Waals surface area contributed by atoms with Crippen LogP contribution in [-0.4, -0.2) is 27.6 Å². The van der Waals surface area contributed by atoms with E-state index in [0.717, 1.165) is 25.3 Å². The highest BCUT2D eigenvalue weighted by molar-refractivity contribution is 5.92. The maximum absolute atomic E-state index is 12.2. The molecule has 3 aromatic rings. The number of aromatic hydroxyl groups is 2. The highest BCUT2D eigenvalue weighted by Crippen LogP contribution is 2.25. The van der Waals surface area contributed by atoms with Gasteiger partial charge in [-0.1, -0.05) is 55.5 Å². The number of phenolic OH excluding ortho intramolecular Hbond substituents is 2. The van der Waals surface area contributed by atoms with Crippen molar-refractivity contribution in [3.05, 3.63) is 89.5 Å². The summed E-state index contributed by atoms with van der Waals surface area (Å²) in [6.07, 6.45) is 0.121. The van der Waals surface area contributed by atoms with E-state index in [1.165, 1.54) is 23.3 Å². The predicted octanol–water partition coefficient (Wildman–Crippen LogP) is 4.30. The molecule has 3 aromatic carbocycles. The Morgan fingerprint density at radius 1 is 0.828 bits per heavy atom. The second kappa shape index (κ2) is 9.75. The van der Waals surface area contributed by atoms with Crippen LogP contribution in [0.4, 0.5) is 5.69 Å². The maximum Gasteiger partial charge on any atom is 0.228 e. The molecule has 0 atom stereocenters. The molecule has 150 valence electrons. The van der Waals surface area contributed by atoms with Gasteiger partial charge in [0.2, 0.25) is 5.91 Å². The van der Waals surface area contributed by atoms with E-state index in [9.17, 15) is 15.0 Å². The number of nitrogens with one attached hydrogen (secondary N) is 1. The van der Waals surface area contributed by atoms with Crippen LogP contribution in [0.5, 0.6) is 11.5 Å². The van der Waals surface area contributed by atoms with Gasteiger partial charge in [0.25, 0.3) is 0 Å². The van der Waals surface area contributed by atoms with Crippen LogP contribution in [-0.2, 0) is 24.3 Å². The Morgan fingerprint density at radius 2 is 1.45 bits per heavy atom. The van der Waals surface area contributed by atoms with Crippen LogP contribution in [0, 0.1) is 0 Å². The van der Waals surface area contributed by atoms with Crippen molar-refractivity contribution >= 4 is 11.6 Å². The molecule has 3 rings (SSSR count). The molecule has 0 saturated carbocycles. The number of rotatable bonds is 8. The first-order chi connectivity index (χ1) is 14.0. The van der Waals surface area contributed by atoms with E-state index in [1.807, 2.05) is 30.3 Å². The van der Waals surface area contributed by atoms with Gasteiger partial charge in [0.05, 0.1) is 6.42 Å². The number of carbonyl (C=O) groups is 1. The van der Waals surface area contributed by atoms with E-state index in [0.29, 0.717) is 5.56 Å². The van der Waals surface area contributed by atoms with Gasteiger partial charge in [-0.3, -0.25) is 9.69 Å². The molecule has 0 spiro atoms. The van der Waals surface area contributed by atoms with E-state index in [1.54, 1.807) is 6.07 Å². The maximum atomic E-state index is 12.2. The molecule has 3 N–H and O–H groups in total. The molecule has 0 heterocycles. The molecule has 0 aromatic heterocycles. The molecule has 0 saturated heterocycles. The van der Waals surface area contributed by atoms with E-state index in [-0.39, 0.29) is 23.8 Å². The fourth-order valence-corrected chi connectivity index (χ4v) is 3.14. The van der Waals surface area contributed by atoms with Crippen LogP contribution in [0.1, 0.15) is 23.6 Å². The Balaban J connectivity index is 1.54. The summed E-state index contributed by atoms with van der Waals surface area (Å²) < 4.78 is 0. The molecular weight excluding hydrogens is 364 g/mol. The molecule has 0 fully saturated rings. The normalized spacial score (nSPS) is 10.8. The van der Waals surface area contributed by atoms with Crippen LogP contribution in [0.15, 0.2) is 72.8 Å². The van der Waals surface area contributed by atoms with E-state index in [4.69, 9.17) is 0 Å². The van der Waals surface area contributed by atoms with Gasteiger partial charge in [-0.15, -0.1) is 0 Å². The average molecular weight is 390 g/mol. The number of phenols is 2. The number of amides is 1. The lowest BCUT2D eigenvalue weighted by Gasteiger charge is -2.20. The number of benzene rings is 3. The minimum absolute atomic E-state index is 0.121. The summed E-state index contributed by atoms with van der Waals surface area (Å²) in [7, 11) is 0. The summed E-state index contributed by atoms with van der Waals surface area (Å²) in [6.45, 7) is 4.84. The molecule has 5 heteroatoms. The lowest BCUT2D eigenvalue weighted by molar-refractivity contribution is -0.115. The number of carbonyl (C=O) groups excluding carboxylic acids is 1. The molecule has 1 amide bonds. The molecular formula is C24H26N2O3. The van der Waals surface area contributed by atoms with Crippen LogP contribution in [0.3, 0.4) is 0 Å². The van der Waals surface area contributed by atoms with Crippen molar-refractivity contribution in [1.82, 2.24) is 4.90 Å². The molecule has 0 bridgehead atoms. The topological polar surface area (TPSA) is 72.8 Å². The summed E-state index contributed by atoms with van der Waals surface area (Å²) in [5.41, 5.74) is 3.84. The van der Waals surface area contributed by atoms with Crippen LogP contribution < -0.4 is 5.32 Å². The largest absolute Gasteiger partial charge is 0.504 e. The smallest absolute Gasteiger partial charge is 0.228 e. The first-order valence-electron chi connectivity index (χ1n) is 9.69.